The van der Waals surface area contributed by atoms with Gasteiger partial charge in [-0.15, -0.1) is 0 Å². The minimum Gasteiger partial charge on any atom is -0.487 e. The average Bonchev–Trinajstić information content (AvgIpc) is 3.17. The molecule has 0 saturated carbocycles. The number of carbonyl (C=O) groups is 2. The second-order valence-electron chi connectivity index (χ2n) is 9.98. The SMILES string of the molecule is CC(C)(O)CC(=O)n1c(=O)n(C(=O)CCO)c2cc(Cn3ccc(OCc4ccc(F)cc4F)c(Cl)c3=O)ccc21. The van der Waals surface area contributed by atoms with Crippen LogP contribution in [0.3, 0.4) is 0 Å². The van der Waals surface area contributed by atoms with Gasteiger partial charge < -0.3 is 19.5 Å². The normalized spacial score (nSPS) is 11.7. The topological polar surface area (TPSA) is 133 Å². The number of benzene rings is 2. The minimum absolute atomic E-state index is 0.0158. The van der Waals surface area contributed by atoms with Crippen molar-refractivity contribution in [3.05, 3.63) is 97.3 Å². The second-order valence-corrected chi connectivity index (χ2v) is 10.4. The fourth-order valence-electron chi connectivity index (χ4n) is 4.24. The number of halogens is 3. The average molecular weight is 590 g/mol. The lowest BCUT2D eigenvalue weighted by molar-refractivity contribution is 0.0530. The van der Waals surface area contributed by atoms with Gasteiger partial charge >= 0.3 is 5.69 Å². The summed E-state index contributed by atoms with van der Waals surface area (Å²) in [5.74, 6) is -3.03. The summed E-state index contributed by atoms with van der Waals surface area (Å²) in [5.41, 5.74) is -2.27. The molecule has 2 aromatic carbocycles. The molecule has 2 aromatic heterocycles. The lowest BCUT2D eigenvalue weighted by Crippen LogP contribution is -2.35. The van der Waals surface area contributed by atoms with Crippen LogP contribution in [0.5, 0.6) is 5.75 Å². The molecular weight excluding hydrogens is 564 g/mol. The molecule has 0 fully saturated rings. The molecule has 2 N–H and O–H groups in total. The van der Waals surface area contributed by atoms with Crippen LogP contribution in [0.1, 0.15) is 47.4 Å². The highest BCUT2D eigenvalue weighted by molar-refractivity contribution is 6.31. The molecular formula is C28H26ClF2N3O7. The zero-order chi connectivity index (χ0) is 30.1. The van der Waals surface area contributed by atoms with Gasteiger partial charge in [0.2, 0.25) is 11.8 Å². The van der Waals surface area contributed by atoms with Gasteiger partial charge in [0.05, 0.1) is 42.6 Å². The van der Waals surface area contributed by atoms with Crippen molar-refractivity contribution in [1.82, 2.24) is 13.7 Å². The van der Waals surface area contributed by atoms with Gasteiger partial charge in [0.1, 0.15) is 29.0 Å². The van der Waals surface area contributed by atoms with E-state index in [0.717, 1.165) is 15.2 Å². The van der Waals surface area contributed by atoms with Crippen LogP contribution < -0.4 is 16.0 Å². The maximum absolute atomic E-state index is 13.9. The first-order valence-corrected chi connectivity index (χ1v) is 12.8. The first-order valence-electron chi connectivity index (χ1n) is 12.4. The summed E-state index contributed by atoms with van der Waals surface area (Å²) in [6, 6.07) is 8.86. The number of ether oxygens (including phenoxy) is 1. The molecule has 4 rings (SSSR count). The third kappa shape index (κ3) is 6.45. The van der Waals surface area contributed by atoms with Crippen molar-refractivity contribution in [3.63, 3.8) is 0 Å². The van der Waals surface area contributed by atoms with Crippen LogP contribution in [0.2, 0.25) is 5.02 Å². The van der Waals surface area contributed by atoms with E-state index in [1.54, 1.807) is 6.07 Å². The smallest absolute Gasteiger partial charge is 0.342 e. The maximum Gasteiger partial charge on any atom is 0.342 e. The van der Waals surface area contributed by atoms with E-state index >= 15 is 0 Å². The Labute approximate surface area is 236 Å². The summed E-state index contributed by atoms with van der Waals surface area (Å²) in [4.78, 5) is 51.7. The fourth-order valence-corrected chi connectivity index (χ4v) is 4.46. The van der Waals surface area contributed by atoms with Gasteiger partial charge in [-0.05, 0) is 49.7 Å². The quantitative estimate of drug-likeness (QED) is 0.306. The van der Waals surface area contributed by atoms with Crippen molar-refractivity contribution in [2.24, 2.45) is 0 Å². The highest BCUT2D eigenvalue weighted by atomic mass is 35.5. The summed E-state index contributed by atoms with van der Waals surface area (Å²) in [7, 11) is 0. The number of nitrogens with zero attached hydrogens (tertiary/aromatic N) is 3. The molecule has 0 saturated heterocycles. The van der Waals surface area contributed by atoms with E-state index in [1.165, 1.54) is 48.9 Å². The van der Waals surface area contributed by atoms with Crippen LogP contribution in [0, 0.1) is 11.6 Å². The number of fused-ring (bicyclic) bond motifs is 1. The summed E-state index contributed by atoms with van der Waals surface area (Å²) in [6.45, 7) is 1.95. The van der Waals surface area contributed by atoms with Crippen molar-refractivity contribution in [2.45, 2.75) is 45.4 Å². The Morgan fingerprint density at radius 3 is 2.37 bits per heavy atom. The molecule has 10 nitrogen and oxygen atoms in total. The lowest BCUT2D eigenvalue weighted by Gasteiger charge is -2.15. The van der Waals surface area contributed by atoms with E-state index in [9.17, 15) is 38.2 Å². The van der Waals surface area contributed by atoms with E-state index in [0.29, 0.717) is 11.6 Å². The molecule has 0 bridgehead atoms. The highest BCUT2D eigenvalue weighted by Gasteiger charge is 2.26. The first-order chi connectivity index (χ1) is 19.3. The summed E-state index contributed by atoms with van der Waals surface area (Å²) >= 11 is 6.22. The predicted octanol–water partition coefficient (Wildman–Crippen LogP) is 3.35. The van der Waals surface area contributed by atoms with Crippen molar-refractivity contribution < 1.29 is 33.3 Å². The summed E-state index contributed by atoms with van der Waals surface area (Å²) in [6.07, 6.45) is 0.621. The van der Waals surface area contributed by atoms with Crippen LogP contribution >= 0.6 is 11.6 Å². The van der Waals surface area contributed by atoms with E-state index in [2.05, 4.69) is 0 Å². The molecule has 2 heterocycles. The van der Waals surface area contributed by atoms with Gasteiger partial charge in [0.15, 0.2) is 0 Å². The Balaban J connectivity index is 1.67. The molecule has 41 heavy (non-hydrogen) atoms. The predicted molar refractivity (Wildman–Crippen MR) is 146 cm³/mol. The van der Waals surface area contributed by atoms with Crippen LogP contribution in [-0.2, 0) is 13.2 Å². The third-order valence-corrected chi connectivity index (χ3v) is 6.48. The van der Waals surface area contributed by atoms with Crippen LogP contribution in [0.15, 0.2) is 58.3 Å². The van der Waals surface area contributed by atoms with Crippen molar-refractivity contribution in [2.75, 3.05) is 6.61 Å². The van der Waals surface area contributed by atoms with E-state index in [4.69, 9.17) is 16.3 Å². The molecule has 0 aliphatic heterocycles. The maximum atomic E-state index is 13.9. The Kier molecular flexibility index (Phi) is 8.57. The number of imidazole rings is 1. The van der Waals surface area contributed by atoms with Gasteiger partial charge in [-0.25, -0.2) is 22.7 Å². The first kappa shape index (κ1) is 29.8. The van der Waals surface area contributed by atoms with E-state index in [1.807, 2.05) is 0 Å². The molecule has 0 radical (unpaired) electrons. The van der Waals surface area contributed by atoms with E-state index < -0.39 is 53.3 Å². The van der Waals surface area contributed by atoms with Crippen LogP contribution in [0.4, 0.5) is 8.78 Å². The standard InChI is InChI=1S/C28H26ClF2N3O7/c1-28(2,40)13-24(37)33-20-6-3-16(11-21(20)34(27(33)39)23(36)8-10-35)14-32-9-7-22(25(29)26(32)38)41-15-17-4-5-18(30)12-19(17)31/h3-7,9,11-12,35,40H,8,10,13-15H2,1-2H3. The molecule has 0 spiro atoms. The number of rotatable bonds is 9. The summed E-state index contributed by atoms with van der Waals surface area (Å²) in [5, 5.41) is 19.0. The van der Waals surface area contributed by atoms with Gasteiger partial charge in [0.25, 0.3) is 5.56 Å². The molecule has 4 aromatic rings. The Hall–Kier alpha value is -4.13. The van der Waals surface area contributed by atoms with E-state index in [-0.39, 0.29) is 46.9 Å². The van der Waals surface area contributed by atoms with Crippen LogP contribution in [0.25, 0.3) is 11.0 Å². The Morgan fingerprint density at radius 2 is 1.71 bits per heavy atom. The molecule has 13 heteroatoms. The van der Waals surface area contributed by atoms with Crippen molar-refractivity contribution >= 4 is 34.4 Å². The van der Waals surface area contributed by atoms with Crippen molar-refractivity contribution in [3.8, 4) is 5.75 Å². The molecule has 216 valence electrons. The molecule has 0 atom stereocenters. The number of carbonyl (C=O) groups excluding carboxylic acids is 2. The molecule has 0 unspecified atom stereocenters. The molecule has 0 amide bonds. The minimum atomic E-state index is -1.41. The van der Waals surface area contributed by atoms with Gasteiger partial charge in [-0.1, -0.05) is 17.7 Å². The van der Waals surface area contributed by atoms with Crippen molar-refractivity contribution in [1.29, 1.82) is 0 Å². The molecule has 0 aliphatic rings. The summed E-state index contributed by atoms with van der Waals surface area (Å²) < 4.78 is 35.3. The monoisotopic (exact) mass is 589 g/mol. The number of hydrogen-bond donors (Lipinski definition) is 2. The number of pyridine rings is 1. The fraction of sp³-hybridized carbons (Fsp3) is 0.286. The second kappa shape index (κ2) is 11.8. The molecule has 0 aliphatic carbocycles. The zero-order valence-electron chi connectivity index (χ0n) is 22.1. The Morgan fingerprint density at radius 1 is 1.00 bits per heavy atom. The number of hydrogen-bond acceptors (Lipinski definition) is 7. The largest absolute Gasteiger partial charge is 0.487 e. The highest BCUT2D eigenvalue weighted by Crippen LogP contribution is 2.23. The van der Waals surface area contributed by atoms with Gasteiger partial charge in [-0.2, -0.15) is 0 Å². The third-order valence-electron chi connectivity index (χ3n) is 6.13. The number of aromatic nitrogens is 3. The van der Waals surface area contributed by atoms with Gasteiger partial charge in [0, 0.05) is 17.8 Å². The zero-order valence-corrected chi connectivity index (χ0v) is 22.8. The number of aliphatic hydroxyl groups excluding tert-OH is 1. The van der Waals surface area contributed by atoms with Gasteiger partial charge in [-0.3, -0.25) is 14.4 Å². The lowest BCUT2D eigenvalue weighted by atomic mass is 10.1. The van der Waals surface area contributed by atoms with Crippen LogP contribution in [-0.4, -0.2) is 47.9 Å². The Bertz CT molecular complexity index is 1770. The number of aliphatic hydroxyl groups is 2.